The SMILES string of the molecule is CN(C)CC1CCC(N/C=C\CNO)O1. The summed E-state index contributed by atoms with van der Waals surface area (Å²) >= 11 is 0. The number of hydroxylamine groups is 1. The van der Waals surface area contributed by atoms with Gasteiger partial charge < -0.3 is 20.2 Å². The van der Waals surface area contributed by atoms with Gasteiger partial charge in [-0.2, -0.15) is 0 Å². The number of ether oxygens (including phenoxy) is 1. The van der Waals surface area contributed by atoms with Crippen LogP contribution in [-0.4, -0.2) is 49.6 Å². The maximum absolute atomic E-state index is 8.33. The van der Waals surface area contributed by atoms with Gasteiger partial charge in [0.15, 0.2) is 0 Å². The molecule has 1 saturated heterocycles. The van der Waals surface area contributed by atoms with Crippen LogP contribution in [0.4, 0.5) is 0 Å². The molecule has 1 fully saturated rings. The van der Waals surface area contributed by atoms with Gasteiger partial charge in [-0.15, -0.1) is 0 Å². The van der Waals surface area contributed by atoms with Crippen molar-refractivity contribution in [3.05, 3.63) is 12.3 Å². The van der Waals surface area contributed by atoms with Gasteiger partial charge in [0.25, 0.3) is 0 Å². The number of nitrogens with zero attached hydrogens (tertiary/aromatic N) is 1. The molecule has 0 aromatic rings. The third-order valence-electron chi connectivity index (χ3n) is 2.29. The van der Waals surface area contributed by atoms with Crippen molar-refractivity contribution in [2.45, 2.75) is 25.2 Å². The second-order valence-electron chi connectivity index (χ2n) is 4.02. The number of likely N-dealkylation sites (N-methyl/N-ethyl adjacent to an activating group) is 1. The molecule has 1 aliphatic heterocycles. The summed E-state index contributed by atoms with van der Waals surface area (Å²) in [7, 11) is 4.11. The summed E-state index contributed by atoms with van der Waals surface area (Å²) in [5.74, 6) is 0. The smallest absolute Gasteiger partial charge is 0.127 e. The van der Waals surface area contributed by atoms with Crippen molar-refractivity contribution in [3.63, 3.8) is 0 Å². The largest absolute Gasteiger partial charge is 0.366 e. The second-order valence-corrected chi connectivity index (χ2v) is 4.02. The molecule has 3 N–H and O–H groups in total. The molecule has 1 heterocycles. The molecule has 0 radical (unpaired) electrons. The van der Waals surface area contributed by atoms with E-state index < -0.39 is 0 Å². The molecule has 0 aromatic carbocycles. The topological polar surface area (TPSA) is 56.8 Å². The first-order valence-corrected chi connectivity index (χ1v) is 5.30. The van der Waals surface area contributed by atoms with E-state index in [0.717, 1.165) is 19.4 Å². The van der Waals surface area contributed by atoms with Gasteiger partial charge in [-0.05, 0) is 33.1 Å². The van der Waals surface area contributed by atoms with Gasteiger partial charge in [-0.3, -0.25) is 0 Å². The van der Waals surface area contributed by atoms with Crippen LogP contribution in [-0.2, 0) is 4.74 Å². The van der Waals surface area contributed by atoms with Gasteiger partial charge in [-0.25, -0.2) is 5.48 Å². The van der Waals surface area contributed by atoms with E-state index in [4.69, 9.17) is 9.94 Å². The van der Waals surface area contributed by atoms with Crippen molar-refractivity contribution in [1.29, 1.82) is 0 Å². The average Bonchev–Trinajstić information content (AvgIpc) is 2.59. The zero-order chi connectivity index (χ0) is 11.1. The van der Waals surface area contributed by atoms with E-state index in [-0.39, 0.29) is 6.23 Å². The van der Waals surface area contributed by atoms with Crippen LogP contribution in [0, 0.1) is 0 Å². The van der Waals surface area contributed by atoms with Gasteiger partial charge in [0.2, 0.25) is 0 Å². The van der Waals surface area contributed by atoms with Gasteiger partial charge in [0, 0.05) is 13.1 Å². The van der Waals surface area contributed by atoms with Crippen LogP contribution < -0.4 is 10.8 Å². The zero-order valence-corrected chi connectivity index (χ0v) is 9.44. The van der Waals surface area contributed by atoms with Gasteiger partial charge in [-0.1, -0.05) is 6.08 Å². The number of nitrogens with one attached hydrogen (secondary N) is 2. The van der Waals surface area contributed by atoms with E-state index in [1.165, 1.54) is 0 Å². The van der Waals surface area contributed by atoms with Crippen molar-refractivity contribution >= 4 is 0 Å². The first-order valence-electron chi connectivity index (χ1n) is 5.30. The predicted molar refractivity (Wildman–Crippen MR) is 58.5 cm³/mol. The van der Waals surface area contributed by atoms with Crippen LogP contribution in [0.5, 0.6) is 0 Å². The molecule has 5 nitrogen and oxygen atoms in total. The zero-order valence-electron chi connectivity index (χ0n) is 9.44. The lowest BCUT2D eigenvalue weighted by Gasteiger charge is -2.17. The summed E-state index contributed by atoms with van der Waals surface area (Å²) in [5.41, 5.74) is 2.05. The highest BCUT2D eigenvalue weighted by molar-refractivity contribution is 4.84. The molecular weight excluding hydrogens is 194 g/mol. The highest BCUT2D eigenvalue weighted by Gasteiger charge is 2.24. The molecule has 1 aliphatic rings. The van der Waals surface area contributed by atoms with Crippen molar-refractivity contribution in [1.82, 2.24) is 15.7 Å². The molecule has 0 bridgehead atoms. The van der Waals surface area contributed by atoms with E-state index in [0.29, 0.717) is 12.6 Å². The average molecular weight is 215 g/mol. The minimum atomic E-state index is 0.116. The Morgan fingerprint density at radius 3 is 2.93 bits per heavy atom. The molecule has 88 valence electrons. The quantitative estimate of drug-likeness (QED) is 0.550. The van der Waals surface area contributed by atoms with Crippen LogP contribution in [0.15, 0.2) is 12.3 Å². The van der Waals surface area contributed by atoms with Crippen LogP contribution in [0.2, 0.25) is 0 Å². The monoisotopic (exact) mass is 215 g/mol. The number of hydrogen-bond donors (Lipinski definition) is 3. The van der Waals surface area contributed by atoms with E-state index >= 15 is 0 Å². The summed E-state index contributed by atoms with van der Waals surface area (Å²) in [5, 5.41) is 11.5. The fourth-order valence-corrected chi connectivity index (χ4v) is 1.66. The molecule has 0 aromatic heterocycles. The molecule has 5 heteroatoms. The number of hydrogen-bond acceptors (Lipinski definition) is 5. The fraction of sp³-hybridized carbons (Fsp3) is 0.800. The van der Waals surface area contributed by atoms with E-state index in [1.54, 1.807) is 0 Å². The van der Waals surface area contributed by atoms with Gasteiger partial charge >= 0.3 is 0 Å². The van der Waals surface area contributed by atoms with Crippen LogP contribution in [0.3, 0.4) is 0 Å². The normalized spacial score (nSPS) is 26.7. The lowest BCUT2D eigenvalue weighted by atomic mass is 10.2. The first-order chi connectivity index (χ1) is 7.22. The summed E-state index contributed by atoms with van der Waals surface area (Å²) < 4.78 is 5.77. The third-order valence-corrected chi connectivity index (χ3v) is 2.29. The fourth-order valence-electron chi connectivity index (χ4n) is 1.66. The molecule has 2 unspecified atom stereocenters. The molecule has 2 atom stereocenters. The molecule has 0 saturated carbocycles. The molecular formula is C10H21N3O2. The second kappa shape index (κ2) is 6.79. The minimum absolute atomic E-state index is 0.116. The Morgan fingerprint density at radius 2 is 2.27 bits per heavy atom. The predicted octanol–water partition coefficient (Wildman–Crippen LogP) is 0.135. The van der Waals surface area contributed by atoms with Gasteiger partial charge in [0.1, 0.15) is 6.23 Å². The highest BCUT2D eigenvalue weighted by atomic mass is 16.5. The first kappa shape index (κ1) is 12.4. The Hall–Kier alpha value is -0.620. The lowest BCUT2D eigenvalue weighted by Crippen LogP contribution is -2.29. The Balaban J connectivity index is 2.13. The van der Waals surface area contributed by atoms with E-state index in [1.807, 2.05) is 12.3 Å². The van der Waals surface area contributed by atoms with Crippen molar-refractivity contribution in [2.24, 2.45) is 0 Å². The molecule has 15 heavy (non-hydrogen) atoms. The van der Waals surface area contributed by atoms with Crippen LogP contribution in [0.1, 0.15) is 12.8 Å². The van der Waals surface area contributed by atoms with E-state index in [2.05, 4.69) is 29.8 Å². The van der Waals surface area contributed by atoms with Crippen LogP contribution in [0.25, 0.3) is 0 Å². The van der Waals surface area contributed by atoms with Gasteiger partial charge in [0.05, 0.1) is 6.10 Å². The highest BCUT2D eigenvalue weighted by Crippen LogP contribution is 2.17. The summed E-state index contributed by atoms with van der Waals surface area (Å²) in [6.07, 6.45) is 6.21. The van der Waals surface area contributed by atoms with Crippen LogP contribution >= 0.6 is 0 Å². The van der Waals surface area contributed by atoms with Crippen molar-refractivity contribution < 1.29 is 9.94 Å². The minimum Gasteiger partial charge on any atom is -0.366 e. The summed E-state index contributed by atoms with van der Waals surface area (Å²) in [6, 6.07) is 0. The lowest BCUT2D eigenvalue weighted by molar-refractivity contribution is 0.0211. The molecule has 0 spiro atoms. The van der Waals surface area contributed by atoms with Crippen molar-refractivity contribution in [3.8, 4) is 0 Å². The van der Waals surface area contributed by atoms with Crippen molar-refractivity contribution in [2.75, 3.05) is 27.2 Å². The Bertz CT molecular complexity index is 197. The molecule has 0 aliphatic carbocycles. The Kier molecular flexibility index (Phi) is 5.63. The molecule has 0 amide bonds. The Labute approximate surface area is 91.0 Å². The van der Waals surface area contributed by atoms with E-state index in [9.17, 15) is 0 Å². The maximum Gasteiger partial charge on any atom is 0.127 e. The number of rotatable bonds is 6. The Morgan fingerprint density at radius 1 is 1.47 bits per heavy atom. The standard InChI is InChI=1S/C10H21N3O2/c1-13(2)8-9-4-5-10(15-9)11-6-3-7-12-14/h3,6,9-12,14H,4-5,7-8H2,1-2H3/b6-3-. The summed E-state index contributed by atoms with van der Waals surface area (Å²) in [6.45, 7) is 1.42. The molecule has 1 rings (SSSR count). The maximum atomic E-state index is 8.33. The summed E-state index contributed by atoms with van der Waals surface area (Å²) in [4.78, 5) is 2.14. The third kappa shape index (κ3) is 5.13.